The average molecular weight is 248 g/mol. The van der Waals surface area contributed by atoms with Crippen LogP contribution in [0.4, 0.5) is 0 Å². The van der Waals surface area contributed by atoms with Crippen LogP contribution in [0.25, 0.3) is 0 Å². The van der Waals surface area contributed by atoms with Crippen LogP contribution in [0.3, 0.4) is 0 Å². The first-order valence-electron chi connectivity index (χ1n) is 5.35. The Morgan fingerprint density at radius 2 is 2.41 bits per heavy atom. The zero-order valence-electron chi connectivity index (χ0n) is 9.22. The van der Waals surface area contributed by atoms with Gasteiger partial charge in [-0.2, -0.15) is 5.26 Å². The molecule has 0 aromatic carbocycles. The molecule has 0 saturated heterocycles. The highest BCUT2D eigenvalue weighted by molar-refractivity contribution is 7.99. The van der Waals surface area contributed by atoms with E-state index in [1.54, 1.807) is 18.3 Å². The highest BCUT2D eigenvalue weighted by Gasteiger charge is 2.42. The lowest BCUT2D eigenvalue weighted by atomic mass is 10.1. The Labute approximate surface area is 104 Å². The van der Waals surface area contributed by atoms with Crippen molar-refractivity contribution in [1.29, 1.82) is 5.26 Å². The molecule has 0 bridgehead atoms. The van der Waals surface area contributed by atoms with Crippen LogP contribution in [0.15, 0.2) is 23.4 Å². The highest BCUT2D eigenvalue weighted by Crippen LogP contribution is 2.51. The van der Waals surface area contributed by atoms with Crippen molar-refractivity contribution in [3.8, 4) is 6.07 Å². The maximum atomic E-state index is 11.0. The number of thioether (sulfide) groups is 1. The maximum absolute atomic E-state index is 11.0. The predicted octanol–water partition coefficient (Wildman–Crippen LogP) is 2.57. The summed E-state index contributed by atoms with van der Waals surface area (Å²) in [5.74, 6) is -0.177. The van der Waals surface area contributed by atoms with E-state index in [4.69, 9.17) is 10.4 Å². The zero-order valence-corrected chi connectivity index (χ0v) is 10.0. The number of pyridine rings is 1. The summed E-state index contributed by atoms with van der Waals surface area (Å²) in [5, 5.41) is 18.3. The Hall–Kier alpha value is -1.54. The van der Waals surface area contributed by atoms with E-state index in [1.807, 2.05) is 0 Å². The van der Waals surface area contributed by atoms with Crippen molar-refractivity contribution in [1.82, 2.24) is 4.98 Å². The molecule has 1 N–H and O–H groups in total. The van der Waals surface area contributed by atoms with E-state index < -0.39 is 5.97 Å². The minimum absolute atomic E-state index is 0.104. The Morgan fingerprint density at radius 1 is 1.65 bits per heavy atom. The zero-order chi connectivity index (χ0) is 12.3. The van der Waals surface area contributed by atoms with Crippen LogP contribution in [0, 0.1) is 16.7 Å². The second-order valence-electron chi connectivity index (χ2n) is 4.28. The van der Waals surface area contributed by atoms with Crippen LogP contribution < -0.4 is 0 Å². The fourth-order valence-corrected chi connectivity index (χ4v) is 2.89. The summed E-state index contributed by atoms with van der Waals surface area (Å²) in [6.45, 7) is 0. The molecule has 1 aromatic heterocycles. The number of carbonyl (C=O) groups is 1. The Bertz CT molecular complexity index is 478. The van der Waals surface area contributed by atoms with Gasteiger partial charge in [-0.1, -0.05) is 0 Å². The van der Waals surface area contributed by atoms with E-state index in [2.05, 4.69) is 11.1 Å². The van der Waals surface area contributed by atoms with E-state index in [-0.39, 0.29) is 11.0 Å². The van der Waals surface area contributed by atoms with E-state index in [1.165, 1.54) is 11.8 Å². The van der Waals surface area contributed by atoms with Crippen molar-refractivity contribution in [2.45, 2.75) is 24.3 Å². The summed E-state index contributed by atoms with van der Waals surface area (Å²) >= 11 is 1.44. The lowest BCUT2D eigenvalue weighted by molar-refractivity contribution is 0.0692. The van der Waals surface area contributed by atoms with Gasteiger partial charge in [0, 0.05) is 18.4 Å². The molecule has 1 saturated carbocycles. The van der Waals surface area contributed by atoms with Crippen molar-refractivity contribution in [2.24, 2.45) is 5.41 Å². The number of carboxylic acids is 1. The molecule has 0 amide bonds. The van der Waals surface area contributed by atoms with Gasteiger partial charge in [0.25, 0.3) is 0 Å². The molecule has 1 aromatic rings. The van der Waals surface area contributed by atoms with Crippen LogP contribution in [-0.4, -0.2) is 21.8 Å². The maximum Gasteiger partial charge on any atom is 0.338 e. The molecule has 0 aliphatic heterocycles. The van der Waals surface area contributed by atoms with E-state index >= 15 is 0 Å². The summed E-state index contributed by atoms with van der Waals surface area (Å²) in [6.07, 6.45) is 4.26. The van der Waals surface area contributed by atoms with Crippen molar-refractivity contribution in [2.75, 3.05) is 5.75 Å². The number of carboxylic acid groups (broad SMARTS) is 1. The van der Waals surface area contributed by atoms with Gasteiger partial charge in [0.15, 0.2) is 0 Å². The molecule has 1 heterocycles. The van der Waals surface area contributed by atoms with Crippen LogP contribution in [0.5, 0.6) is 0 Å². The Balaban J connectivity index is 2.05. The van der Waals surface area contributed by atoms with E-state index in [9.17, 15) is 4.79 Å². The van der Waals surface area contributed by atoms with Crippen molar-refractivity contribution >= 4 is 17.7 Å². The summed E-state index contributed by atoms with van der Waals surface area (Å²) in [6, 6.07) is 5.37. The first-order chi connectivity index (χ1) is 8.17. The molecule has 2 rings (SSSR count). The lowest BCUT2D eigenvalue weighted by Crippen LogP contribution is -2.05. The van der Waals surface area contributed by atoms with Gasteiger partial charge in [0.1, 0.15) is 5.03 Å². The summed E-state index contributed by atoms with van der Waals surface area (Å²) < 4.78 is 0. The third kappa shape index (κ3) is 2.77. The van der Waals surface area contributed by atoms with Gasteiger partial charge in [-0.05, 0) is 30.4 Å². The van der Waals surface area contributed by atoms with Gasteiger partial charge in [-0.25, -0.2) is 9.78 Å². The SMILES string of the molecule is N#CCC1(CSc2ncccc2C(=O)O)CC1. The fraction of sp³-hybridized carbons (Fsp3) is 0.417. The lowest BCUT2D eigenvalue weighted by Gasteiger charge is -2.10. The normalized spacial score (nSPS) is 16.2. The van der Waals surface area contributed by atoms with Gasteiger partial charge in [-0.3, -0.25) is 0 Å². The molecule has 0 atom stereocenters. The molecular weight excluding hydrogens is 236 g/mol. The van der Waals surface area contributed by atoms with Crippen molar-refractivity contribution in [3.63, 3.8) is 0 Å². The molecule has 88 valence electrons. The van der Waals surface area contributed by atoms with Gasteiger partial charge >= 0.3 is 5.97 Å². The minimum atomic E-state index is -0.953. The summed E-state index contributed by atoms with van der Waals surface area (Å²) in [5.41, 5.74) is 0.345. The second-order valence-corrected chi connectivity index (χ2v) is 5.25. The molecule has 1 aliphatic carbocycles. The molecule has 17 heavy (non-hydrogen) atoms. The number of nitriles is 1. The number of hydrogen-bond acceptors (Lipinski definition) is 4. The van der Waals surface area contributed by atoms with Crippen LogP contribution in [0.2, 0.25) is 0 Å². The van der Waals surface area contributed by atoms with Crippen molar-refractivity contribution in [3.05, 3.63) is 23.9 Å². The molecule has 0 unspecified atom stereocenters. The van der Waals surface area contributed by atoms with Gasteiger partial charge in [-0.15, -0.1) is 11.8 Å². The monoisotopic (exact) mass is 248 g/mol. The largest absolute Gasteiger partial charge is 0.478 e. The third-order valence-electron chi connectivity index (χ3n) is 2.93. The number of aromatic carboxylic acids is 1. The molecule has 0 spiro atoms. The quantitative estimate of drug-likeness (QED) is 0.810. The molecular formula is C12H12N2O2S. The van der Waals surface area contributed by atoms with Crippen LogP contribution in [0.1, 0.15) is 29.6 Å². The number of nitrogens with zero attached hydrogens (tertiary/aromatic N) is 2. The van der Waals surface area contributed by atoms with Crippen LogP contribution >= 0.6 is 11.8 Å². The van der Waals surface area contributed by atoms with E-state index in [0.717, 1.165) is 18.6 Å². The minimum Gasteiger partial charge on any atom is -0.478 e. The predicted molar refractivity (Wildman–Crippen MR) is 63.8 cm³/mol. The number of hydrogen-bond donors (Lipinski definition) is 1. The summed E-state index contributed by atoms with van der Waals surface area (Å²) in [4.78, 5) is 15.1. The molecule has 1 aliphatic rings. The van der Waals surface area contributed by atoms with Crippen LogP contribution in [-0.2, 0) is 0 Å². The first kappa shape index (κ1) is 11.9. The highest BCUT2D eigenvalue weighted by atomic mass is 32.2. The second kappa shape index (κ2) is 4.76. The standard InChI is InChI=1S/C12H12N2O2S/c13-6-5-12(3-4-12)8-17-10-9(11(15)16)2-1-7-14-10/h1-2,7H,3-5,8H2,(H,15,16). The van der Waals surface area contributed by atoms with Gasteiger partial charge in [0.2, 0.25) is 0 Å². The third-order valence-corrected chi connectivity index (χ3v) is 4.28. The van der Waals surface area contributed by atoms with Gasteiger partial charge in [0.05, 0.1) is 11.6 Å². The molecule has 4 nitrogen and oxygen atoms in total. The topological polar surface area (TPSA) is 74.0 Å². The van der Waals surface area contributed by atoms with Crippen molar-refractivity contribution < 1.29 is 9.90 Å². The first-order valence-corrected chi connectivity index (χ1v) is 6.33. The number of rotatable bonds is 5. The summed E-state index contributed by atoms with van der Waals surface area (Å²) in [7, 11) is 0. The molecule has 1 fully saturated rings. The molecule has 5 heteroatoms. The molecule has 0 radical (unpaired) electrons. The Kier molecular flexibility index (Phi) is 3.34. The number of aromatic nitrogens is 1. The van der Waals surface area contributed by atoms with E-state index in [0.29, 0.717) is 11.4 Å². The Morgan fingerprint density at radius 3 is 3.00 bits per heavy atom. The fourth-order valence-electron chi connectivity index (χ4n) is 1.61. The average Bonchev–Trinajstić information content (AvgIpc) is 3.08. The smallest absolute Gasteiger partial charge is 0.338 e. The van der Waals surface area contributed by atoms with Gasteiger partial charge < -0.3 is 5.11 Å².